The van der Waals surface area contributed by atoms with Gasteiger partial charge in [0.1, 0.15) is 5.65 Å². The van der Waals surface area contributed by atoms with Crippen molar-refractivity contribution in [3.63, 3.8) is 0 Å². The molecule has 6 nitrogen and oxygen atoms in total. The Morgan fingerprint density at radius 1 is 1.04 bits per heavy atom. The number of hydrogen-bond donors (Lipinski definition) is 0. The van der Waals surface area contributed by atoms with Gasteiger partial charge in [-0.15, -0.1) is 0 Å². The van der Waals surface area contributed by atoms with Crippen molar-refractivity contribution in [1.29, 1.82) is 0 Å². The third-order valence-corrected chi connectivity index (χ3v) is 4.47. The number of anilines is 1. The highest BCUT2D eigenvalue weighted by atomic mass is 79.9. The van der Waals surface area contributed by atoms with Crippen LogP contribution >= 0.6 is 15.9 Å². The lowest BCUT2D eigenvalue weighted by Gasteiger charge is -2.34. The Bertz CT molecular complexity index is 759. The van der Waals surface area contributed by atoms with Gasteiger partial charge in [-0.3, -0.25) is 4.90 Å². The van der Waals surface area contributed by atoms with Crippen LogP contribution in [0.2, 0.25) is 0 Å². The number of pyridine rings is 1. The predicted octanol–water partition coefficient (Wildman–Crippen LogP) is 2.21. The highest BCUT2D eigenvalue weighted by molar-refractivity contribution is 9.10. The van der Waals surface area contributed by atoms with Crippen molar-refractivity contribution in [2.24, 2.45) is 0 Å². The Labute approximate surface area is 142 Å². The summed E-state index contributed by atoms with van der Waals surface area (Å²) in [5.41, 5.74) is 2.12. The molecule has 0 aromatic carbocycles. The van der Waals surface area contributed by atoms with Crippen molar-refractivity contribution in [3.8, 4) is 0 Å². The van der Waals surface area contributed by atoms with Crippen molar-refractivity contribution >= 4 is 27.5 Å². The minimum Gasteiger partial charge on any atom is -0.338 e. The lowest BCUT2D eigenvalue weighted by Crippen LogP contribution is -2.46. The molecule has 7 heteroatoms. The van der Waals surface area contributed by atoms with E-state index in [9.17, 15) is 0 Å². The van der Waals surface area contributed by atoms with Gasteiger partial charge in [0.05, 0.1) is 10.2 Å². The second kappa shape index (κ2) is 6.25. The first-order valence-electron chi connectivity index (χ1n) is 7.65. The number of imidazole rings is 1. The van der Waals surface area contributed by atoms with Gasteiger partial charge in [-0.05, 0) is 28.1 Å². The molecule has 0 bridgehead atoms. The summed E-state index contributed by atoms with van der Waals surface area (Å²) in [7, 11) is 0. The van der Waals surface area contributed by atoms with Gasteiger partial charge in [-0.1, -0.05) is 6.07 Å². The molecule has 0 unspecified atom stereocenters. The number of hydrogen-bond acceptors (Lipinski definition) is 5. The Morgan fingerprint density at radius 2 is 1.83 bits per heavy atom. The van der Waals surface area contributed by atoms with Gasteiger partial charge >= 0.3 is 0 Å². The highest BCUT2D eigenvalue weighted by Gasteiger charge is 2.19. The molecule has 0 saturated carbocycles. The second-order valence-corrected chi connectivity index (χ2v) is 6.58. The molecule has 1 saturated heterocycles. The number of rotatable bonds is 3. The zero-order valence-electron chi connectivity index (χ0n) is 12.6. The highest BCUT2D eigenvalue weighted by Crippen LogP contribution is 2.15. The molecule has 1 aliphatic rings. The van der Waals surface area contributed by atoms with Crippen LogP contribution in [0.15, 0.2) is 47.5 Å². The first kappa shape index (κ1) is 14.6. The summed E-state index contributed by atoms with van der Waals surface area (Å²) < 4.78 is 2.98. The molecular weight excluding hydrogens is 356 g/mol. The van der Waals surface area contributed by atoms with Crippen LogP contribution in [0.1, 0.15) is 5.69 Å². The van der Waals surface area contributed by atoms with Gasteiger partial charge < -0.3 is 9.30 Å². The zero-order valence-corrected chi connectivity index (χ0v) is 14.2. The summed E-state index contributed by atoms with van der Waals surface area (Å²) in [6.07, 6.45) is 7.74. The van der Waals surface area contributed by atoms with Gasteiger partial charge in [0, 0.05) is 57.5 Å². The number of halogens is 1. The van der Waals surface area contributed by atoms with Crippen molar-refractivity contribution in [3.05, 3.63) is 53.2 Å². The third-order valence-electron chi connectivity index (χ3n) is 4.06. The Kier molecular flexibility index (Phi) is 3.97. The minimum atomic E-state index is 0.806. The lowest BCUT2D eigenvalue weighted by atomic mass is 10.3. The van der Waals surface area contributed by atoms with Crippen LogP contribution in [0.4, 0.5) is 5.95 Å². The first-order valence-corrected chi connectivity index (χ1v) is 8.45. The Balaban J connectivity index is 1.38. The van der Waals surface area contributed by atoms with Crippen LogP contribution in [0.3, 0.4) is 0 Å². The zero-order chi connectivity index (χ0) is 15.6. The molecule has 3 aromatic rings. The van der Waals surface area contributed by atoms with Gasteiger partial charge in [-0.2, -0.15) is 0 Å². The molecule has 0 amide bonds. The summed E-state index contributed by atoms with van der Waals surface area (Å²) in [6, 6.07) is 6.07. The van der Waals surface area contributed by atoms with Crippen molar-refractivity contribution in [2.45, 2.75) is 6.54 Å². The summed E-state index contributed by atoms with van der Waals surface area (Å²) in [6.45, 7) is 4.75. The number of aromatic nitrogens is 4. The van der Waals surface area contributed by atoms with Crippen LogP contribution in [0.5, 0.6) is 0 Å². The van der Waals surface area contributed by atoms with Crippen LogP contribution in [0, 0.1) is 0 Å². The van der Waals surface area contributed by atoms with E-state index in [0.29, 0.717) is 0 Å². The molecule has 1 fully saturated rings. The molecule has 0 radical (unpaired) electrons. The maximum Gasteiger partial charge on any atom is 0.225 e. The van der Waals surface area contributed by atoms with Crippen molar-refractivity contribution < 1.29 is 0 Å². The fourth-order valence-corrected chi connectivity index (χ4v) is 3.07. The molecule has 0 N–H and O–H groups in total. The molecule has 23 heavy (non-hydrogen) atoms. The Morgan fingerprint density at radius 3 is 2.57 bits per heavy atom. The number of fused-ring (bicyclic) bond motifs is 1. The summed E-state index contributed by atoms with van der Waals surface area (Å²) >= 11 is 3.37. The topological polar surface area (TPSA) is 49.6 Å². The van der Waals surface area contributed by atoms with E-state index in [-0.39, 0.29) is 0 Å². The van der Waals surface area contributed by atoms with Crippen LogP contribution in [-0.4, -0.2) is 50.4 Å². The normalized spacial score (nSPS) is 16.1. The van der Waals surface area contributed by atoms with Crippen LogP contribution in [0.25, 0.3) is 5.65 Å². The van der Waals surface area contributed by atoms with Gasteiger partial charge in [0.15, 0.2) is 0 Å². The van der Waals surface area contributed by atoms with Crippen molar-refractivity contribution in [2.75, 3.05) is 31.1 Å². The van der Waals surface area contributed by atoms with Crippen LogP contribution in [-0.2, 0) is 6.54 Å². The monoisotopic (exact) mass is 372 g/mol. The molecule has 3 aromatic heterocycles. The maximum absolute atomic E-state index is 4.67. The fraction of sp³-hybridized carbons (Fsp3) is 0.312. The summed E-state index contributed by atoms with van der Waals surface area (Å²) in [5.74, 6) is 0.806. The van der Waals surface area contributed by atoms with E-state index in [1.54, 1.807) is 12.4 Å². The molecule has 0 spiro atoms. The third kappa shape index (κ3) is 3.20. The van der Waals surface area contributed by atoms with E-state index in [4.69, 9.17) is 0 Å². The van der Waals surface area contributed by atoms with Crippen LogP contribution < -0.4 is 4.90 Å². The fourth-order valence-electron chi connectivity index (χ4n) is 2.87. The van der Waals surface area contributed by atoms with E-state index < -0.39 is 0 Å². The van der Waals surface area contributed by atoms with Crippen molar-refractivity contribution in [1.82, 2.24) is 24.3 Å². The molecular formula is C16H17BrN6. The van der Waals surface area contributed by atoms with E-state index in [0.717, 1.165) is 54.5 Å². The number of nitrogens with zero attached hydrogens (tertiary/aromatic N) is 6. The molecule has 0 aliphatic carbocycles. The maximum atomic E-state index is 4.67. The van der Waals surface area contributed by atoms with Gasteiger partial charge in [0.25, 0.3) is 0 Å². The first-order chi connectivity index (χ1) is 11.3. The minimum absolute atomic E-state index is 0.806. The van der Waals surface area contributed by atoms with E-state index in [1.807, 2.05) is 24.4 Å². The second-order valence-electron chi connectivity index (χ2n) is 5.66. The standard InChI is InChI=1S/C16H17BrN6/c17-13-9-18-16(19-10-13)22-7-5-21(6-8-22)11-14-12-23-4-2-1-3-15(23)20-14/h1-4,9-10,12H,5-8,11H2. The smallest absolute Gasteiger partial charge is 0.225 e. The number of piperazine rings is 1. The molecule has 1 aliphatic heterocycles. The average molecular weight is 373 g/mol. The SMILES string of the molecule is Brc1cnc(N2CCN(Cc3cn4ccccc4n3)CC2)nc1. The summed E-state index contributed by atoms with van der Waals surface area (Å²) in [5, 5.41) is 0. The largest absolute Gasteiger partial charge is 0.338 e. The molecule has 0 atom stereocenters. The Hall–Kier alpha value is -1.99. The molecule has 118 valence electrons. The molecule has 4 rings (SSSR count). The summed E-state index contributed by atoms with van der Waals surface area (Å²) in [4.78, 5) is 18.1. The van der Waals surface area contributed by atoms with E-state index in [1.165, 1.54) is 0 Å². The predicted molar refractivity (Wildman–Crippen MR) is 92.4 cm³/mol. The van der Waals surface area contributed by atoms with E-state index in [2.05, 4.69) is 51.3 Å². The van der Waals surface area contributed by atoms with E-state index >= 15 is 0 Å². The van der Waals surface area contributed by atoms with Gasteiger partial charge in [-0.25, -0.2) is 15.0 Å². The van der Waals surface area contributed by atoms with Gasteiger partial charge in [0.2, 0.25) is 5.95 Å². The average Bonchev–Trinajstić information content (AvgIpc) is 2.98. The lowest BCUT2D eigenvalue weighted by molar-refractivity contribution is 0.246. The molecule has 4 heterocycles. The quantitative estimate of drug-likeness (QED) is 0.705.